The van der Waals surface area contributed by atoms with E-state index in [-0.39, 0.29) is 0 Å². The Morgan fingerprint density at radius 2 is 2.40 bits per heavy atom. The second-order valence-corrected chi connectivity index (χ2v) is 6.08. The summed E-state index contributed by atoms with van der Waals surface area (Å²) >= 11 is 5.25. The number of halogens is 1. The van der Waals surface area contributed by atoms with Crippen LogP contribution in [0, 0.1) is 0 Å². The highest BCUT2D eigenvalue weighted by atomic mass is 79.9. The second kappa shape index (κ2) is 6.46. The highest BCUT2D eigenvalue weighted by Crippen LogP contribution is 2.28. The van der Waals surface area contributed by atoms with Crippen LogP contribution in [0.2, 0.25) is 0 Å². The summed E-state index contributed by atoms with van der Waals surface area (Å²) in [4.78, 5) is 0. The molecule has 0 bridgehead atoms. The highest BCUT2D eigenvalue weighted by Gasteiger charge is 2.11. The third-order valence-corrected chi connectivity index (χ3v) is 3.82. The summed E-state index contributed by atoms with van der Waals surface area (Å²) in [5.41, 5.74) is 2.64. The van der Waals surface area contributed by atoms with Gasteiger partial charge in [-0.05, 0) is 59.2 Å². The Hall–Kier alpha value is -0.120. The number of hydrogen-bond donors (Lipinski definition) is 1. The van der Waals surface area contributed by atoms with Gasteiger partial charge in [0, 0.05) is 6.04 Å². The Morgan fingerprint density at radius 3 is 2.87 bits per heavy atom. The van der Waals surface area contributed by atoms with Gasteiger partial charge in [0.1, 0.15) is 0 Å². The molecule has 1 nitrogen and oxygen atoms in total. The molecule has 1 aromatic rings. The van der Waals surface area contributed by atoms with Gasteiger partial charge in [0.2, 0.25) is 0 Å². The SMILES string of the molecule is C=C(C)CCC(NCC)c1csc(Br)c1. The Bertz CT molecular complexity index is 319. The van der Waals surface area contributed by atoms with E-state index in [0.29, 0.717) is 6.04 Å². The predicted molar refractivity (Wildman–Crippen MR) is 72.5 cm³/mol. The zero-order valence-electron chi connectivity index (χ0n) is 9.35. The van der Waals surface area contributed by atoms with Crippen LogP contribution in [0.5, 0.6) is 0 Å². The maximum Gasteiger partial charge on any atom is 0.0701 e. The average Bonchev–Trinajstić information content (AvgIpc) is 2.59. The lowest BCUT2D eigenvalue weighted by Gasteiger charge is -2.16. The third-order valence-electron chi connectivity index (χ3n) is 2.30. The van der Waals surface area contributed by atoms with E-state index in [1.807, 2.05) is 0 Å². The van der Waals surface area contributed by atoms with Gasteiger partial charge in [0.05, 0.1) is 3.79 Å². The van der Waals surface area contributed by atoms with Gasteiger partial charge in [-0.3, -0.25) is 0 Å². The molecule has 0 radical (unpaired) electrons. The molecule has 0 saturated carbocycles. The van der Waals surface area contributed by atoms with Crippen LogP contribution >= 0.6 is 27.3 Å². The first-order valence-electron chi connectivity index (χ1n) is 5.25. The minimum absolute atomic E-state index is 0.467. The van der Waals surface area contributed by atoms with Crippen molar-refractivity contribution in [3.05, 3.63) is 32.9 Å². The molecule has 0 spiro atoms. The summed E-state index contributed by atoms with van der Waals surface area (Å²) in [5.74, 6) is 0. The van der Waals surface area contributed by atoms with Crippen molar-refractivity contribution in [3.8, 4) is 0 Å². The van der Waals surface area contributed by atoms with Gasteiger partial charge >= 0.3 is 0 Å². The van der Waals surface area contributed by atoms with Crippen LogP contribution in [0.25, 0.3) is 0 Å². The molecular weight excluding hydrogens is 270 g/mol. The van der Waals surface area contributed by atoms with Gasteiger partial charge in [-0.25, -0.2) is 0 Å². The Labute approximate surface area is 105 Å². The standard InChI is InChI=1S/C12H18BrNS/c1-4-14-11(6-5-9(2)3)10-7-12(13)15-8-10/h7-8,11,14H,2,4-6H2,1,3H3. The van der Waals surface area contributed by atoms with Crippen molar-refractivity contribution in [3.63, 3.8) is 0 Å². The summed E-state index contributed by atoms with van der Waals surface area (Å²) in [6.07, 6.45) is 2.22. The van der Waals surface area contributed by atoms with Crippen molar-refractivity contribution < 1.29 is 0 Å². The van der Waals surface area contributed by atoms with Crippen molar-refractivity contribution >= 4 is 27.3 Å². The molecule has 0 fully saturated rings. The van der Waals surface area contributed by atoms with Crippen LogP contribution in [0.15, 0.2) is 27.4 Å². The molecule has 0 aliphatic heterocycles. The molecule has 15 heavy (non-hydrogen) atoms. The van der Waals surface area contributed by atoms with Crippen LogP contribution in [0.3, 0.4) is 0 Å². The number of rotatable bonds is 6. The van der Waals surface area contributed by atoms with Crippen LogP contribution in [-0.2, 0) is 0 Å². The van der Waals surface area contributed by atoms with Crippen LogP contribution in [-0.4, -0.2) is 6.54 Å². The van der Waals surface area contributed by atoms with Gasteiger partial charge in [-0.2, -0.15) is 0 Å². The molecule has 0 aliphatic rings. The van der Waals surface area contributed by atoms with Crippen molar-refractivity contribution in [2.45, 2.75) is 32.7 Å². The van der Waals surface area contributed by atoms with E-state index in [4.69, 9.17) is 0 Å². The lowest BCUT2D eigenvalue weighted by molar-refractivity contribution is 0.516. The molecule has 0 saturated heterocycles. The lowest BCUT2D eigenvalue weighted by atomic mass is 10.0. The summed E-state index contributed by atoms with van der Waals surface area (Å²) in [6.45, 7) is 9.20. The summed E-state index contributed by atoms with van der Waals surface area (Å²) in [6, 6.07) is 2.67. The second-order valence-electron chi connectivity index (χ2n) is 3.79. The number of nitrogens with one attached hydrogen (secondary N) is 1. The Kier molecular flexibility index (Phi) is 5.58. The maximum atomic E-state index is 3.95. The molecular formula is C12H18BrNS. The largest absolute Gasteiger partial charge is 0.310 e. The molecule has 1 aromatic heterocycles. The molecule has 1 atom stereocenters. The van der Waals surface area contributed by atoms with Crippen LogP contribution in [0.1, 0.15) is 38.3 Å². The third kappa shape index (κ3) is 4.49. The molecule has 84 valence electrons. The number of allylic oxidation sites excluding steroid dienone is 1. The van der Waals surface area contributed by atoms with Gasteiger partial charge in [-0.15, -0.1) is 17.9 Å². The molecule has 1 unspecified atom stereocenters. The van der Waals surface area contributed by atoms with E-state index >= 15 is 0 Å². The van der Waals surface area contributed by atoms with Crippen molar-refractivity contribution in [2.75, 3.05) is 6.54 Å². The van der Waals surface area contributed by atoms with Gasteiger partial charge in [0.15, 0.2) is 0 Å². The van der Waals surface area contributed by atoms with Gasteiger partial charge in [0.25, 0.3) is 0 Å². The lowest BCUT2D eigenvalue weighted by Crippen LogP contribution is -2.20. The molecule has 1 heterocycles. The summed E-state index contributed by atoms with van der Waals surface area (Å²) in [7, 11) is 0. The Morgan fingerprint density at radius 1 is 1.67 bits per heavy atom. The fraction of sp³-hybridized carbons (Fsp3) is 0.500. The first-order valence-corrected chi connectivity index (χ1v) is 6.92. The highest BCUT2D eigenvalue weighted by molar-refractivity contribution is 9.11. The minimum atomic E-state index is 0.467. The van der Waals surface area contributed by atoms with E-state index < -0.39 is 0 Å². The average molecular weight is 288 g/mol. The fourth-order valence-electron chi connectivity index (χ4n) is 1.53. The normalized spacial score (nSPS) is 12.7. The smallest absolute Gasteiger partial charge is 0.0701 e. The monoisotopic (exact) mass is 287 g/mol. The molecule has 3 heteroatoms. The van der Waals surface area contributed by atoms with E-state index in [9.17, 15) is 0 Å². The molecule has 0 aliphatic carbocycles. The van der Waals surface area contributed by atoms with Crippen LogP contribution < -0.4 is 5.32 Å². The Balaban J connectivity index is 2.60. The van der Waals surface area contributed by atoms with E-state index in [2.05, 4.69) is 53.1 Å². The maximum absolute atomic E-state index is 3.95. The van der Waals surface area contributed by atoms with Gasteiger partial charge < -0.3 is 5.32 Å². The zero-order valence-corrected chi connectivity index (χ0v) is 11.7. The fourth-order valence-corrected chi connectivity index (χ4v) is 2.76. The van der Waals surface area contributed by atoms with E-state index in [0.717, 1.165) is 19.4 Å². The topological polar surface area (TPSA) is 12.0 Å². The van der Waals surface area contributed by atoms with Crippen molar-refractivity contribution in [2.24, 2.45) is 0 Å². The first kappa shape index (κ1) is 12.9. The summed E-state index contributed by atoms with van der Waals surface area (Å²) < 4.78 is 1.20. The molecule has 1 rings (SSSR count). The molecule has 0 amide bonds. The summed E-state index contributed by atoms with van der Waals surface area (Å²) in [5, 5.41) is 5.73. The molecule has 0 aromatic carbocycles. The first-order chi connectivity index (χ1) is 7.13. The number of hydrogen-bond acceptors (Lipinski definition) is 2. The number of thiophene rings is 1. The zero-order chi connectivity index (χ0) is 11.3. The molecule has 1 N–H and O–H groups in total. The predicted octanol–water partition coefficient (Wildman–Crippen LogP) is 4.52. The van der Waals surface area contributed by atoms with E-state index in [1.54, 1.807) is 11.3 Å². The van der Waals surface area contributed by atoms with E-state index in [1.165, 1.54) is 14.9 Å². The van der Waals surface area contributed by atoms with Crippen molar-refractivity contribution in [1.29, 1.82) is 0 Å². The minimum Gasteiger partial charge on any atom is -0.310 e. The van der Waals surface area contributed by atoms with Crippen LogP contribution in [0.4, 0.5) is 0 Å². The van der Waals surface area contributed by atoms with Gasteiger partial charge in [-0.1, -0.05) is 12.5 Å². The van der Waals surface area contributed by atoms with Crippen molar-refractivity contribution in [1.82, 2.24) is 5.32 Å². The quantitative estimate of drug-likeness (QED) is 0.759.